The van der Waals surface area contributed by atoms with Crippen molar-refractivity contribution in [3.8, 4) is 0 Å². The van der Waals surface area contributed by atoms with Crippen molar-refractivity contribution in [3.05, 3.63) is 0 Å². The molecule has 2 saturated heterocycles. The van der Waals surface area contributed by atoms with Crippen LogP contribution in [-0.2, 0) is 9.47 Å². The highest BCUT2D eigenvalue weighted by molar-refractivity contribution is 14.0. The fourth-order valence-corrected chi connectivity index (χ4v) is 3.62. The predicted octanol–water partition coefficient (Wildman–Crippen LogP) is 1.94. The maximum absolute atomic E-state index is 12.2. The molecule has 2 aliphatic heterocycles. The number of rotatable bonds is 5. The lowest BCUT2D eigenvalue weighted by Gasteiger charge is -2.35. The van der Waals surface area contributed by atoms with Crippen molar-refractivity contribution in [2.24, 2.45) is 4.99 Å². The van der Waals surface area contributed by atoms with Crippen molar-refractivity contribution >= 4 is 42.1 Å². The number of guanidine groups is 1. The lowest BCUT2D eigenvalue weighted by molar-refractivity contribution is 0.0147. The van der Waals surface area contributed by atoms with Gasteiger partial charge in [-0.2, -0.15) is 0 Å². The van der Waals surface area contributed by atoms with Crippen LogP contribution in [0, 0.1) is 0 Å². The smallest absolute Gasteiger partial charge is 0.410 e. The standard InChI is InChI=1S/C21H40N6O4.HI/c1-6-30-19(28)26-10-7-17(8-11-26)24-18(22-5)23-9-12-25-13-15-27(16-14-25)20(29)31-21(2,3)4;/h17H,6-16H2,1-5H3,(H2,22,23,24);1H. The molecule has 2 aliphatic rings. The minimum atomic E-state index is -0.462. The second-order valence-corrected chi connectivity index (χ2v) is 8.91. The molecule has 32 heavy (non-hydrogen) atoms. The number of aliphatic imine (C=N–C) groups is 1. The molecular formula is C21H41IN6O4. The third-order valence-electron chi connectivity index (χ3n) is 5.33. The second kappa shape index (κ2) is 13.9. The fourth-order valence-electron chi connectivity index (χ4n) is 3.62. The summed E-state index contributed by atoms with van der Waals surface area (Å²) in [5.74, 6) is 0.780. The molecule has 0 aromatic carbocycles. The number of hydrogen-bond acceptors (Lipinski definition) is 6. The summed E-state index contributed by atoms with van der Waals surface area (Å²) in [4.78, 5) is 34.2. The van der Waals surface area contributed by atoms with Crippen molar-refractivity contribution < 1.29 is 19.1 Å². The van der Waals surface area contributed by atoms with Crippen LogP contribution in [0.1, 0.15) is 40.5 Å². The molecule has 11 heteroatoms. The highest BCUT2D eigenvalue weighted by atomic mass is 127. The van der Waals surface area contributed by atoms with Gasteiger partial charge in [0.15, 0.2) is 5.96 Å². The Morgan fingerprint density at radius 1 is 1.00 bits per heavy atom. The van der Waals surface area contributed by atoms with Gasteiger partial charge in [0.05, 0.1) is 6.61 Å². The van der Waals surface area contributed by atoms with E-state index in [1.54, 1.807) is 16.8 Å². The second-order valence-electron chi connectivity index (χ2n) is 8.91. The van der Waals surface area contributed by atoms with E-state index in [4.69, 9.17) is 9.47 Å². The van der Waals surface area contributed by atoms with Crippen LogP contribution in [0.4, 0.5) is 9.59 Å². The van der Waals surface area contributed by atoms with E-state index in [9.17, 15) is 9.59 Å². The largest absolute Gasteiger partial charge is 0.450 e. The van der Waals surface area contributed by atoms with Gasteiger partial charge in [-0.15, -0.1) is 24.0 Å². The van der Waals surface area contributed by atoms with Gasteiger partial charge in [0.25, 0.3) is 0 Å². The summed E-state index contributed by atoms with van der Waals surface area (Å²) in [6.45, 7) is 13.9. The van der Waals surface area contributed by atoms with E-state index in [1.165, 1.54) is 0 Å². The Hall–Kier alpha value is -1.50. The maximum Gasteiger partial charge on any atom is 0.410 e. The lowest BCUT2D eigenvalue weighted by atomic mass is 10.1. The van der Waals surface area contributed by atoms with Gasteiger partial charge < -0.3 is 29.9 Å². The Kier molecular flexibility index (Phi) is 12.4. The number of ether oxygens (including phenoxy) is 2. The van der Waals surface area contributed by atoms with Gasteiger partial charge in [-0.05, 0) is 40.5 Å². The molecule has 10 nitrogen and oxygen atoms in total. The lowest BCUT2D eigenvalue weighted by Crippen LogP contribution is -2.53. The van der Waals surface area contributed by atoms with Crippen LogP contribution in [0.15, 0.2) is 4.99 Å². The Morgan fingerprint density at radius 2 is 1.59 bits per heavy atom. The Bertz CT molecular complexity index is 612. The van der Waals surface area contributed by atoms with Crippen LogP contribution in [0.3, 0.4) is 0 Å². The zero-order valence-electron chi connectivity index (χ0n) is 20.2. The number of amides is 2. The van der Waals surface area contributed by atoms with E-state index in [1.807, 2.05) is 27.7 Å². The van der Waals surface area contributed by atoms with Gasteiger partial charge in [0, 0.05) is 65.4 Å². The highest BCUT2D eigenvalue weighted by Crippen LogP contribution is 2.12. The van der Waals surface area contributed by atoms with E-state index in [0.29, 0.717) is 32.8 Å². The Morgan fingerprint density at radius 3 is 2.12 bits per heavy atom. The average molecular weight is 569 g/mol. The summed E-state index contributed by atoms with van der Waals surface area (Å²) >= 11 is 0. The van der Waals surface area contributed by atoms with E-state index < -0.39 is 5.60 Å². The first-order valence-corrected chi connectivity index (χ1v) is 11.3. The molecular weight excluding hydrogens is 527 g/mol. The van der Waals surface area contributed by atoms with Crippen molar-refractivity contribution in [1.29, 1.82) is 0 Å². The highest BCUT2D eigenvalue weighted by Gasteiger charge is 2.26. The molecule has 0 radical (unpaired) electrons. The predicted molar refractivity (Wildman–Crippen MR) is 136 cm³/mol. The summed E-state index contributed by atoms with van der Waals surface area (Å²) in [7, 11) is 1.77. The normalized spacial score (nSPS) is 18.6. The SMILES string of the molecule is CCOC(=O)N1CCC(NC(=NC)NCCN2CCN(C(=O)OC(C)(C)C)CC2)CC1.I. The molecule has 186 valence electrons. The number of carbonyl (C=O) groups is 2. The third-order valence-corrected chi connectivity index (χ3v) is 5.33. The molecule has 2 fully saturated rings. The maximum atomic E-state index is 12.2. The number of likely N-dealkylation sites (tertiary alicyclic amines) is 1. The van der Waals surface area contributed by atoms with Gasteiger partial charge in [-0.25, -0.2) is 9.59 Å². The van der Waals surface area contributed by atoms with Crippen LogP contribution in [0.5, 0.6) is 0 Å². The number of piperazine rings is 1. The minimum Gasteiger partial charge on any atom is -0.450 e. The molecule has 0 aromatic rings. The van der Waals surface area contributed by atoms with Gasteiger partial charge >= 0.3 is 12.2 Å². The first-order chi connectivity index (χ1) is 14.7. The van der Waals surface area contributed by atoms with Crippen molar-refractivity contribution in [1.82, 2.24) is 25.3 Å². The fraction of sp³-hybridized carbons (Fsp3) is 0.857. The van der Waals surface area contributed by atoms with Crippen molar-refractivity contribution in [3.63, 3.8) is 0 Å². The van der Waals surface area contributed by atoms with Gasteiger partial charge in [0.2, 0.25) is 0 Å². The van der Waals surface area contributed by atoms with Crippen LogP contribution in [0.25, 0.3) is 0 Å². The molecule has 2 heterocycles. The summed E-state index contributed by atoms with van der Waals surface area (Å²) in [5, 5.41) is 6.82. The number of nitrogens with zero attached hydrogens (tertiary/aromatic N) is 4. The number of carbonyl (C=O) groups excluding carboxylic acids is 2. The van der Waals surface area contributed by atoms with Crippen molar-refractivity contribution in [2.45, 2.75) is 52.2 Å². The van der Waals surface area contributed by atoms with E-state index in [2.05, 4.69) is 20.5 Å². The van der Waals surface area contributed by atoms with Gasteiger partial charge in [-0.1, -0.05) is 0 Å². The molecule has 0 aromatic heterocycles. The van der Waals surface area contributed by atoms with Crippen LogP contribution < -0.4 is 10.6 Å². The summed E-state index contributed by atoms with van der Waals surface area (Å²) < 4.78 is 10.5. The first-order valence-electron chi connectivity index (χ1n) is 11.3. The number of piperidine rings is 1. The quantitative estimate of drug-likeness (QED) is 0.297. The third kappa shape index (κ3) is 9.97. The first kappa shape index (κ1) is 28.5. The number of nitrogens with one attached hydrogen (secondary N) is 2. The zero-order chi connectivity index (χ0) is 22.9. The molecule has 0 spiro atoms. The molecule has 0 atom stereocenters. The van der Waals surface area contributed by atoms with Gasteiger partial charge in [0.1, 0.15) is 5.60 Å². The van der Waals surface area contributed by atoms with E-state index >= 15 is 0 Å². The van der Waals surface area contributed by atoms with E-state index in [0.717, 1.165) is 45.0 Å². The number of halogens is 1. The molecule has 2 amide bonds. The number of hydrogen-bond donors (Lipinski definition) is 2. The molecule has 0 bridgehead atoms. The van der Waals surface area contributed by atoms with Crippen LogP contribution in [-0.4, -0.2) is 111 Å². The molecule has 2 rings (SSSR count). The summed E-state index contributed by atoms with van der Waals surface area (Å²) in [6, 6.07) is 0.286. The zero-order valence-corrected chi connectivity index (χ0v) is 22.5. The molecule has 0 saturated carbocycles. The topological polar surface area (TPSA) is 98.7 Å². The van der Waals surface area contributed by atoms with Gasteiger partial charge in [-0.3, -0.25) is 9.89 Å². The summed E-state index contributed by atoms with van der Waals surface area (Å²) in [5.41, 5.74) is -0.462. The van der Waals surface area contributed by atoms with Crippen LogP contribution in [0.2, 0.25) is 0 Å². The molecule has 0 unspecified atom stereocenters. The molecule has 0 aliphatic carbocycles. The Labute approximate surface area is 209 Å². The van der Waals surface area contributed by atoms with E-state index in [-0.39, 0.29) is 42.2 Å². The average Bonchev–Trinajstić information content (AvgIpc) is 2.73. The summed E-state index contributed by atoms with van der Waals surface area (Å²) in [6.07, 6.45) is 1.28. The van der Waals surface area contributed by atoms with Crippen LogP contribution >= 0.6 is 24.0 Å². The van der Waals surface area contributed by atoms with Crippen molar-refractivity contribution in [2.75, 3.05) is 66.0 Å². The monoisotopic (exact) mass is 568 g/mol. The molecule has 2 N–H and O–H groups in total. The minimum absolute atomic E-state index is 0. The Balaban J connectivity index is 0.00000512.